The van der Waals surface area contributed by atoms with Gasteiger partial charge < -0.3 is 133 Å². The number of ether oxygens (including phenoxy) is 13. The number of carbonyl (C=O) groups excluding carboxylic acids is 2. The number of aliphatic hydroxyl groups is 11. The second kappa shape index (κ2) is 26.8. The zero-order valence-electron chi connectivity index (χ0n) is 44.9. The van der Waals surface area contributed by atoms with Crippen LogP contribution in [0, 0.1) is 0 Å². The summed E-state index contributed by atoms with van der Waals surface area (Å²) in [5.74, 6) is -4.45. The molecule has 29 nitrogen and oxygen atoms in total. The van der Waals surface area contributed by atoms with Crippen molar-refractivity contribution in [3.05, 3.63) is 94.8 Å². The summed E-state index contributed by atoms with van der Waals surface area (Å²) in [6.07, 6.45) is -22.7. The van der Waals surface area contributed by atoms with Gasteiger partial charge in [0.25, 0.3) is 11.9 Å². The van der Waals surface area contributed by atoms with Crippen LogP contribution >= 0.6 is 0 Å². The van der Waals surface area contributed by atoms with E-state index in [9.17, 15) is 81.1 Å². The predicted molar refractivity (Wildman–Crippen MR) is 280 cm³/mol. The summed E-state index contributed by atoms with van der Waals surface area (Å²) >= 11 is 0. The van der Waals surface area contributed by atoms with E-state index in [4.69, 9.17) is 61.6 Å². The molecular weight excluding hydrogens is 1120 g/mol. The van der Waals surface area contributed by atoms with Gasteiger partial charge in [0.05, 0.1) is 46.7 Å². The third kappa shape index (κ3) is 13.5. The molecule has 0 saturated carbocycles. The van der Waals surface area contributed by atoms with Gasteiger partial charge in [-0.1, -0.05) is 0 Å². The Morgan fingerprint density at radius 3 is 1.42 bits per heavy atom. The van der Waals surface area contributed by atoms with Crippen molar-refractivity contribution in [2.45, 2.75) is 98.2 Å². The normalized spacial score (nSPS) is 29.4. The summed E-state index contributed by atoms with van der Waals surface area (Å²) in [4.78, 5) is 25.6. The number of aliphatic hydroxyl groups excluding tert-OH is 10. The molecule has 3 saturated heterocycles. The highest BCUT2D eigenvalue weighted by molar-refractivity contribution is 5.88. The van der Waals surface area contributed by atoms with E-state index in [1.165, 1.54) is 89.1 Å². The van der Waals surface area contributed by atoms with Gasteiger partial charge >= 0.3 is 11.9 Å². The van der Waals surface area contributed by atoms with Gasteiger partial charge in [0.2, 0.25) is 30.4 Å². The molecule has 4 aromatic rings. The van der Waals surface area contributed by atoms with E-state index in [1.54, 1.807) is 0 Å². The largest absolute Gasteiger partial charge is 0.571 e. The van der Waals surface area contributed by atoms with Gasteiger partial charge in [0, 0.05) is 24.3 Å². The first-order valence-corrected chi connectivity index (χ1v) is 25.5. The highest BCUT2D eigenvalue weighted by Crippen LogP contribution is 2.48. The average Bonchev–Trinajstić information content (AvgIpc) is 2.98. The molecule has 0 spiro atoms. The molecule has 0 bridgehead atoms. The number of methoxy groups -OCH3 is 4. The van der Waals surface area contributed by atoms with E-state index in [2.05, 4.69) is 0 Å². The van der Waals surface area contributed by atoms with Gasteiger partial charge in [-0.3, -0.25) is 0 Å². The minimum Gasteiger partial charge on any atom is -0.571 e. The van der Waals surface area contributed by atoms with Crippen LogP contribution in [0.2, 0.25) is 0 Å². The van der Waals surface area contributed by atoms with Crippen LogP contribution in [0.5, 0.6) is 63.2 Å². The van der Waals surface area contributed by atoms with Gasteiger partial charge in [-0.2, -0.15) is 0 Å². The molecule has 456 valence electrons. The number of hydrogen-bond donors (Lipinski definition) is 14. The van der Waals surface area contributed by atoms with Gasteiger partial charge in [0.15, 0.2) is 40.3 Å². The molecule has 84 heavy (non-hydrogen) atoms. The number of benzene rings is 4. The summed E-state index contributed by atoms with van der Waals surface area (Å²) in [6.45, 7) is -2.21. The molecule has 0 amide bonds. The minimum absolute atomic E-state index is 0.0479. The van der Waals surface area contributed by atoms with Crippen LogP contribution in [0.3, 0.4) is 0 Å². The molecule has 0 aromatic heterocycles. The zero-order valence-corrected chi connectivity index (χ0v) is 44.9. The first-order valence-electron chi connectivity index (χ1n) is 25.5. The molecule has 3 fully saturated rings. The fourth-order valence-electron chi connectivity index (χ4n) is 9.11. The molecular formula is C55H63O29+. The molecule has 4 heterocycles. The van der Waals surface area contributed by atoms with Crippen molar-refractivity contribution in [1.29, 1.82) is 0 Å². The van der Waals surface area contributed by atoms with E-state index in [0.29, 0.717) is 11.1 Å². The topological polar surface area (TPSA) is 441 Å². The molecule has 16 atom stereocenters. The van der Waals surface area contributed by atoms with Gasteiger partial charge in [0.1, 0.15) is 104 Å². The molecule has 0 aliphatic carbocycles. The van der Waals surface area contributed by atoms with Crippen molar-refractivity contribution in [2.75, 3.05) is 48.3 Å². The van der Waals surface area contributed by atoms with Crippen LogP contribution in [-0.4, -0.2) is 229 Å². The van der Waals surface area contributed by atoms with E-state index in [0.717, 1.165) is 24.3 Å². The Hall–Kier alpha value is -7.88. The zero-order chi connectivity index (χ0) is 60.8. The minimum atomic E-state index is -2.00. The molecule has 1 unspecified atom stereocenters. The monoisotopic (exact) mass is 1190 g/mol. The lowest BCUT2D eigenvalue weighted by Gasteiger charge is -2.40. The third-order valence-corrected chi connectivity index (χ3v) is 13.8. The maximum absolute atomic E-state index is 12.8. The Morgan fingerprint density at radius 1 is 0.512 bits per heavy atom. The standard InChI is InChI=1S/C55H62O29/c1-72-31-11-22(12-32(73-2)41(31)61)5-9-39(59)76-20-37-44(64)47(67)49(69)53(83-37)78-25-16-28(58)26-18-35(81-55-50(70)46(66)43(63)36(19-56)82-55)52(79-29(26)17-25)24-7-8-27(57)30(15-24)80-54-51(71)48(68)45(65)38(84-54)21-77-40(60)10-6-23-13-33(74-3)42(62)34(14-23)75-4/h5-18,36-38,43-58,61-71H,19-21H2,1-4H3/p+1/b9-5+,10-6+/t36-,37+,38-,43-,44-,45-,46+,47+,48-,49-,50+,51-,52?,53-,54-,55-/m1/s1. The summed E-state index contributed by atoms with van der Waals surface area (Å²) in [5, 5.41) is 150. The first kappa shape index (κ1) is 62.2. The predicted octanol–water partition coefficient (Wildman–Crippen LogP) is -1.42. The molecule has 15 N–H and O–H groups in total. The molecule has 29 heteroatoms. The molecule has 0 radical (unpaired) electrons. The number of rotatable bonds is 20. The number of carbonyl (C=O) groups is 2. The van der Waals surface area contributed by atoms with Crippen molar-refractivity contribution < 1.29 is 143 Å². The fourth-order valence-corrected chi connectivity index (χ4v) is 9.11. The van der Waals surface area contributed by atoms with Crippen molar-refractivity contribution in [2.24, 2.45) is 0 Å². The Balaban J connectivity index is 1.01. The van der Waals surface area contributed by atoms with Crippen LogP contribution in [0.4, 0.5) is 0 Å². The summed E-state index contributed by atoms with van der Waals surface area (Å²) in [6, 6.07) is 11.5. The third-order valence-electron chi connectivity index (χ3n) is 13.8. The number of aromatic hydroxyl groups is 5. The quantitative estimate of drug-likeness (QED) is 0.0274. The average molecular weight is 1190 g/mol. The van der Waals surface area contributed by atoms with Crippen LogP contribution in [0.15, 0.2) is 72.5 Å². The SMILES string of the molecule is COc1cc(/C=C/C(=O)OC[C@@H]2O[C@@H](Oc3cc(O)c4c(c3)[OH+]C(c3ccc(O)c(O[C@@H]5O[C@H](COC(=O)/C=C/c6cc(OC)c(O)c(OC)c6)[C@@H](O)[C@@H](O)[C@H]5O)c3)C(O[C@@H]3O[C@H](CO)[C@@H](O)[C@H](O)[C@@H]3O)=C4)[C@H](O)[C@@H](O)[C@@H]2O)cc(OC)c1O. The summed E-state index contributed by atoms with van der Waals surface area (Å²) in [5.41, 5.74) is 0.705. The lowest BCUT2D eigenvalue weighted by atomic mass is 9.98. The molecule has 4 aliphatic rings. The Bertz CT molecular complexity index is 3020. The molecule has 4 aliphatic heterocycles. The van der Waals surface area contributed by atoms with E-state index >= 15 is 0 Å². The van der Waals surface area contributed by atoms with Crippen molar-refractivity contribution in [3.8, 4) is 63.2 Å². The summed E-state index contributed by atoms with van der Waals surface area (Å²) < 4.78 is 70.7. The van der Waals surface area contributed by atoms with Gasteiger partial charge in [-0.25, -0.2) is 9.59 Å². The molecule has 4 aromatic carbocycles. The van der Waals surface area contributed by atoms with E-state index < -0.39 is 147 Å². The summed E-state index contributed by atoms with van der Waals surface area (Å²) in [7, 11) is 5.25. The Kier molecular flexibility index (Phi) is 19.8. The first-order chi connectivity index (χ1) is 40.1. The second-order valence-corrected chi connectivity index (χ2v) is 19.2. The number of fused-ring (bicyclic) bond motifs is 1. The maximum atomic E-state index is 12.8. The van der Waals surface area contributed by atoms with E-state index in [-0.39, 0.29) is 62.9 Å². The van der Waals surface area contributed by atoms with E-state index in [1.807, 2.05) is 0 Å². The highest BCUT2D eigenvalue weighted by Gasteiger charge is 2.49. The Morgan fingerprint density at radius 2 is 0.952 bits per heavy atom. The smallest absolute Gasteiger partial charge is 0.330 e. The molecule has 8 rings (SSSR count). The number of esters is 2. The van der Waals surface area contributed by atoms with Crippen LogP contribution in [-0.2, 0) is 38.0 Å². The highest BCUT2D eigenvalue weighted by atomic mass is 16.7. The van der Waals surface area contributed by atoms with Crippen LogP contribution in [0.1, 0.15) is 28.4 Å². The van der Waals surface area contributed by atoms with Crippen LogP contribution < -0.4 is 28.4 Å². The van der Waals surface area contributed by atoms with Crippen molar-refractivity contribution in [3.63, 3.8) is 0 Å². The van der Waals surface area contributed by atoms with Crippen LogP contribution in [0.25, 0.3) is 18.2 Å². The Labute approximate surface area is 476 Å². The number of hydrogen-bond acceptors (Lipinski definition) is 28. The number of phenols is 4. The van der Waals surface area contributed by atoms with Gasteiger partial charge in [-0.15, -0.1) is 0 Å². The fraction of sp³-hybridized carbons (Fsp3) is 0.418. The van der Waals surface area contributed by atoms with Crippen molar-refractivity contribution in [1.82, 2.24) is 0 Å². The lowest BCUT2D eigenvalue weighted by molar-refractivity contribution is -0.295. The van der Waals surface area contributed by atoms with Crippen molar-refractivity contribution >= 4 is 30.2 Å². The lowest BCUT2D eigenvalue weighted by Crippen LogP contribution is -2.60. The number of phenolic OH excluding ortho intramolecular Hbond substituents is 4. The maximum Gasteiger partial charge on any atom is 0.330 e. The second-order valence-electron chi connectivity index (χ2n) is 19.2. The van der Waals surface area contributed by atoms with Gasteiger partial charge in [-0.05, 0) is 65.7 Å².